The molecule has 7 heteroatoms. The Morgan fingerprint density at radius 2 is 0.754 bits per heavy atom. The molecule has 0 saturated heterocycles. The summed E-state index contributed by atoms with van der Waals surface area (Å²) in [5.41, 5.74) is 8.03. The van der Waals surface area contributed by atoms with E-state index in [0.717, 1.165) is 44.1 Å². The molecule has 2 aliphatic rings. The van der Waals surface area contributed by atoms with Crippen LogP contribution in [-0.2, 0) is 0 Å². The number of benzene rings is 8. The Labute approximate surface area is 326 Å². The molecule has 4 amide bonds. The van der Waals surface area contributed by atoms with Crippen LogP contribution >= 0.6 is 0 Å². The largest absolute Gasteiger partial charge is 0.308 e. The van der Waals surface area contributed by atoms with E-state index in [2.05, 4.69) is 60.7 Å². The molecule has 57 heavy (non-hydrogen) atoms. The van der Waals surface area contributed by atoms with E-state index in [-0.39, 0.29) is 22.3 Å². The van der Waals surface area contributed by atoms with Crippen molar-refractivity contribution in [3.05, 3.63) is 198 Å². The lowest BCUT2D eigenvalue weighted by atomic mass is 9.84. The summed E-state index contributed by atoms with van der Waals surface area (Å²) >= 11 is 0. The summed E-state index contributed by atoms with van der Waals surface area (Å²) < 4.78 is 2.03. The Hall–Kier alpha value is -7.90. The van der Waals surface area contributed by atoms with Gasteiger partial charge in [0.15, 0.2) is 0 Å². The smallest absolute Gasteiger partial charge is 0.268 e. The van der Waals surface area contributed by atoms with Gasteiger partial charge in [-0.25, -0.2) is 9.80 Å². The zero-order valence-corrected chi connectivity index (χ0v) is 30.2. The number of hydrogen-bond acceptors (Lipinski definition) is 4. The van der Waals surface area contributed by atoms with Crippen LogP contribution in [0, 0.1) is 0 Å². The number of fused-ring (bicyclic) bond motifs is 3. The molecule has 7 nitrogen and oxygen atoms in total. The molecule has 0 spiro atoms. The lowest BCUT2D eigenvalue weighted by Gasteiger charge is -2.33. The van der Waals surface area contributed by atoms with E-state index < -0.39 is 23.6 Å². The van der Waals surface area contributed by atoms with Crippen LogP contribution in [0.25, 0.3) is 60.5 Å². The number of amides is 4. The number of para-hydroxylation sites is 2. The van der Waals surface area contributed by atoms with Crippen molar-refractivity contribution in [3.8, 4) is 27.9 Å². The minimum atomic E-state index is -0.542. The third-order valence-corrected chi connectivity index (χ3v) is 11.2. The highest BCUT2D eigenvalue weighted by atomic mass is 16.2. The van der Waals surface area contributed by atoms with Gasteiger partial charge in [0, 0.05) is 32.7 Å². The molecular weight excluding hydrogens is 707 g/mol. The van der Waals surface area contributed by atoms with Gasteiger partial charge in [0.25, 0.3) is 23.6 Å². The van der Waals surface area contributed by atoms with Gasteiger partial charge in [-0.2, -0.15) is 0 Å². The lowest BCUT2D eigenvalue weighted by Crippen LogP contribution is -2.44. The Morgan fingerprint density at radius 1 is 0.333 bits per heavy atom. The SMILES string of the molecule is O=C1c2ccc3c4c(c(-n5c6ccc(-c7ccccc7)cc6c6cc(-c7ccccc7)ccc65)cc(c24)C(=O)N1c1ccccc1)C(=O)N(c1ccccc1)C3=O. The predicted molar refractivity (Wildman–Crippen MR) is 224 cm³/mol. The molecule has 3 heterocycles. The van der Waals surface area contributed by atoms with E-state index in [1.807, 2.05) is 53.1 Å². The highest BCUT2D eigenvalue weighted by Gasteiger charge is 2.43. The summed E-state index contributed by atoms with van der Waals surface area (Å²) in [5.74, 6) is -2.12. The fourth-order valence-electron chi connectivity index (χ4n) is 8.65. The minimum absolute atomic E-state index is 0.231. The Balaban J connectivity index is 1.27. The summed E-state index contributed by atoms with van der Waals surface area (Å²) in [6, 6.07) is 55.5. The molecule has 1 aromatic heterocycles. The first-order valence-electron chi connectivity index (χ1n) is 18.7. The number of carbonyl (C=O) groups is 4. The minimum Gasteiger partial charge on any atom is -0.308 e. The van der Waals surface area contributed by atoms with Crippen molar-refractivity contribution in [2.24, 2.45) is 0 Å². The van der Waals surface area contributed by atoms with Gasteiger partial charge in [0.1, 0.15) is 0 Å². The summed E-state index contributed by atoms with van der Waals surface area (Å²) in [5, 5.41) is 2.51. The number of aromatic nitrogens is 1. The van der Waals surface area contributed by atoms with Gasteiger partial charge >= 0.3 is 0 Å². The molecule has 0 bridgehead atoms. The maximum Gasteiger partial charge on any atom is 0.268 e. The normalized spacial score (nSPS) is 13.7. The van der Waals surface area contributed by atoms with Crippen LogP contribution in [-0.4, -0.2) is 28.2 Å². The quantitative estimate of drug-likeness (QED) is 0.165. The number of hydrogen-bond donors (Lipinski definition) is 0. The van der Waals surface area contributed by atoms with Crippen molar-refractivity contribution in [2.45, 2.75) is 0 Å². The van der Waals surface area contributed by atoms with Gasteiger partial charge in [-0.15, -0.1) is 0 Å². The molecule has 0 unspecified atom stereocenters. The number of anilines is 2. The molecule has 0 saturated carbocycles. The molecule has 11 rings (SSSR count). The van der Waals surface area contributed by atoms with E-state index in [9.17, 15) is 14.4 Å². The molecular formula is C50H29N3O4. The fourth-order valence-corrected chi connectivity index (χ4v) is 8.65. The van der Waals surface area contributed by atoms with Crippen LogP contribution in [0.2, 0.25) is 0 Å². The van der Waals surface area contributed by atoms with E-state index >= 15 is 4.79 Å². The summed E-state index contributed by atoms with van der Waals surface area (Å²) in [7, 11) is 0. The first kappa shape index (κ1) is 32.5. The van der Waals surface area contributed by atoms with Crippen molar-refractivity contribution >= 4 is 67.6 Å². The predicted octanol–water partition coefficient (Wildman–Crippen LogP) is 10.9. The molecule has 268 valence electrons. The Morgan fingerprint density at radius 3 is 1.25 bits per heavy atom. The summed E-state index contributed by atoms with van der Waals surface area (Å²) in [6.07, 6.45) is 0. The monoisotopic (exact) mass is 735 g/mol. The van der Waals surface area contributed by atoms with Gasteiger partial charge in [0.05, 0.1) is 39.2 Å². The topological polar surface area (TPSA) is 79.7 Å². The van der Waals surface area contributed by atoms with Crippen LogP contribution in [0.1, 0.15) is 41.4 Å². The fraction of sp³-hybridized carbons (Fsp3) is 0. The highest BCUT2D eigenvalue weighted by molar-refractivity contribution is 6.43. The first-order chi connectivity index (χ1) is 28.0. The second kappa shape index (κ2) is 12.3. The van der Waals surface area contributed by atoms with Gasteiger partial charge in [-0.1, -0.05) is 109 Å². The van der Waals surface area contributed by atoms with Gasteiger partial charge in [-0.3, -0.25) is 19.2 Å². The second-order valence-corrected chi connectivity index (χ2v) is 14.3. The van der Waals surface area contributed by atoms with Crippen LogP contribution in [0.5, 0.6) is 0 Å². The lowest BCUT2D eigenvalue weighted by molar-refractivity contribution is 0.0873. The van der Waals surface area contributed by atoms with E-state index in [1.54, 1.807) is 66.7 Å². The molecule has 0 atom stereocenters. The van der Waals surface area contributed by atoms with Crippen molar-refractivity contribution in [1.29, 1.82) is 0 Å². The molecule has 0 N–H and O–H groups in total. The number of nitrogens with zero attached hydrogens (tertiary/aromatic N) is 3. The molecule has 9 aromatic rings. The van der Waals surface area contributed by atoms with Crippen LogP contribution < -0.4 is 9.80 Å². The molecule has 0 radical (unpaired) electrons. The number of rotatable bonds is 5. The maximum atomic E-state index is 15.2. The van der Waals surface area contributed by atoms with Crippen molar-refractivity contribution < 1.29 is 19.2 Å². The highest BCUT2D eigenvalue weighted by Crippen LogP contribution is 2.45. The van der Waals surface area contributed by atoms with Crippen molar-refractivity contribution in [2.75, 3.05) is 9.80 Å². The molecule has 0 aliphatic carbocycles. The second-order valence-electron chi connectivity index (χ2n) is 14.3. The average molecular weight is 736 g/mol. The Kier molecular flexibility index (Phi) is 7.02. The molecule has 8 aromatic carbocycles. The van der Waals surface area contributed by atoms with Crippen LogP contribution in [0.4, 0.5) is 11.4 Å². The molecule has 0 fully saturated rings. The third-order valence-electron chi connectivity index (χ3n) is 11.2. The van der Waals surface area contributed by atoms with Gasteiger partial charge < -0.3 is 4.57 Å². The van der Waals surface area contributed by atoms with E-state index in [1.165, 1.54) is 9.80 Å². The van der Waals surface area contributed by atoms with Crippen molar-refractivity contribution in [3.63, 3.8) is 0 Å². The number of imide groups is 2. The average Bonchev–Trinajstić information content (AvgIpc) is 3.59. The third kappa shape index (κ3) is 4.72. The van der Waals surface area contributed by atoms with Crippen LogP contribution in [0.3, 0.4) is 0 Å². The van der Waals surface area contributed by atoms with Crippen LogP contribution in [0.15, 0.2) is 176 Å². The summed E-state index contributed by atoms with van der Waals surface area (Å²) in [6.45, 7) is 0. The zero-order valence-electron chi connectivity index (χ0n) is 30.2. The van der Waals surface area contributed by atoms with E-state index in [4.69, 9.17) is 0 Å². The van der Waals surface area contributed by atoms with Gasteiger partial charge in [-0.05, 0) is 89.0 Å². The Bertz CT molecular complexity index is 3100. The zero-order chi connectivity index (χ0) is 38.4. The molecule has 2 aliphatic heterocycles. The van der Waals surface area contributed by atoms with Crippen molar-refractivity contribution in [1.82, 2.24) is 4.57 Å². The van der Waals surface area contributed by atoms with E-state index in [0.29, 0.717) is 27.8 Å². The summed E-state index contributed by atoms with van der Waals surface area (Å²) in [4.78, 5) is 61.1. The standard InChI is InChI=1S/C50H29N3O4/c54-47-36-23-24-37-45-44(36)40(49(56)51(47)34-17-9-3-10-18-34)29-43(46(45)50(57)52(48(37)55)35-19-11-4-12-20-35)53-41-25-21-32(30-13-5-1-6-14-30)27-38(41)39-28-33(22-26-42(39)53)31-15-7-2-8-16-31/h1-29H. The maximum absolute atomic E-state index is 15.2. The van der Waals surface area contributed by atoms with Gasteiger partial charge in [0.2, 0.25) is 0 Å². The first-order valence-corrected chi connectivity index (χ1v) is 18.7. The number of carbonyl (C=O) groups excluding carboxylic acids is 4.